The van der Waals surface area contributed by atoms with Crippen LogP contribution in [-0.2, 0) is 19.1 Å². The third kappa shape index (κ3) is 5.59. The van der Waals surface area contributed by atoms with Gasteiger partial charge in [-0.1, -0.05) is 42.5 Å². The minimum atomic E-state index is -0.412. The topological polar surface area (TPSA) is 101 Å². The molecule has 0 aromatic heterocycles. The van der Waals surface area contributed by atoms with Crippen LogP contribution in [0, 0.1) is 11.3 Å². The zero-order valence-corrected chi connectivity index (χ0v) is 20.8. The van der Waals surface area contributed by atoms with Crippen molar-refractivity contribution in [1.82, 2.24) is 4.90 Å². The van der Waals surface area contributed by atoms with Crippen molar-refractivity contribution in [2.24, 2.45) is 0 Å². The number of hydrogen-bond donors (Lipinski definition) is 1. The van der Waals surface area contributed by atoms with E-state index in [1.807, 2.05) is 30.3 Å². The molecule has 0 radical (unpaired) electrons. The molecule has 38 heavy (non-hydrogen) atoms. The number of nitrogens with one attached hydrogen (secondary N) is 1. The van der Waals surface area contributed by atoms with E-state index in [2.05, 4.69) is 11.4 Å². The van der Waals surface area contributed by atoms with Crippen LogP contribution >= 0.6 is 0 Å². The minimum absolute atomic E-state index is 0.129. The van der Waals surface area contributed by atoms with E-state index >= 15 is 0 Å². The fraction of sp³-hybridized carbons (Fsp3) is 0.233. The van der Waals surface area contributed by atoms with Crippen LogP contribution in [0.15, 0.2) is 84.6 Å². The van der Waals surface area contributed by atoms with Gasteiger partial charge in [-0.15, -0.1) is 0 Å². The molecule has 5 rings (SSSR count). The van der Waals surface area contributed by atoms with Gasteiger partial charge in [0.15, 0.2) is 6.29 Å². The predicted octanol–water partition coefficient (Wildman–Crippen LogP) is 5.09. The van der Waals surface area contributed by atoms with Crippen molar-refractivity contribution >= 4 is 23.1 Å². The van der Waals surface area contributed by atoms with Crippen LogP contribution in [0.3, 0.4) is 0 Å². The molecule has 1 saturated heterocycles. The lowest BCUT2D eigenvalue weighted by atomic mass is 10.0. The molecule has 1 atom stereocenters. The quantitative estimate of drug-likeness (QED) is 0.401. The molecule has 2 heterocycles. The molecule has 3 aromatic carbocycles. The molecule has 2 amide bonds. The van der Waals surface area contributed by atoms with Gasteiger partial charge in [0, 0.05) is 12.3 Å². The van der Waals surface area contributed by atoms with Crippen LogP contribution in [0.25, 0.3) is 5.57 Å². The maximum absolute atomic E-state index is 13.4. The Morgan fingerprint density at radius 1 is 0.947 bits per heavy atom. The van der Waals surface area contributed by atoms with Gasteiger partial charge in [0.05, 0.1) is 24.3 Å². The Morgan fingerprint density at radius 2 is 1.71 bits per heavy atom. The standard InChI is InChI=1S/C30H27N3O5/c31-20-22-10-4-5-11-25(22)38-24-15-13-23(14-16-24)32-28-27(21-8-2-1-3-9-21)29(34)33(30(28)35)17-19-37-26-12-6-7-18-36-26/h1-5,8-11,13-16,26,32H,6-7,12,17-19H2. The number of benzene rings is 3. The third-order valence-corrected chi connectivity index (χ3v) is 6.35. The van der Waals surface area contributed by atoms with E-state index in [-0.39, 0.29) is 31.0 Å². The molecule has 1 fully saturated rings. The van der Waals surface area contributed by atoms with Gasteiger partial charge in [0.2, 0.25) is 0 Å². The average molecular weight is 510 g/mol. The maximum Gasteiger partial charge on any atom is 0.278 e. The van der Waals surface area contributed by atoms with Crippen LogP contribution in [-0.4, -0.2) is 42.8 Å². The fourth-order valence-electron chi connectivity index (χ4n) is 4.41. The number of rotatable bonds is 9. The number of nitrogens with zero attached hydrogens (tertiary/aromatic N) is 2. The Hall–Kier alpha value is -4.45. The van der Waals surface area contributed by atoms with Gasteiger partial charge < -0.3 is 19.5 Å². The van der Waals surface area contributed by atoms with Crippen LogP contribution in [0.4, 0.5) is 5.69 Å². The predicted molar refractivity (Wildman–Crippen MR) is 141 cm³/mol. The highest BCUT2D eigenvalue weighted by Gasteiger charge is 2.39. The van der Waals surface area contributed by atoms with Crippen molar-refractivity contribution in [3.8, 4) is 17.6 Å². The second-order valence-electron chi connectivity index (χ2n) is 8.90. The molecular formula is C30H27N3O5. The lowest BCUT2D eigenvalue weighted by molar-refractivity contribution is -0.166. The summed E-state index contributed by atoms with van der Waals surface area (Å²) in [6.45, 7) is 0.993. The van der Waals surface area contributed by atoms with Gasteiger partial charge in [0.25, 0.3) is 11.8 Å². The number of anilines is 1. The first-order valence-electron chi connectivity index (χ1n) is 12.6. The van der Waals surface area contributed by atoms with E-state index in [4.69, 9.17) is 14.2 Å². The molecule has 1 N–H and O–H groups in total. The summed E-state index contributed by atoms with van der Waals surface area (Å²) in [6, 6.07) is 25.2. The summed E-state index contributed by atoms with van der Waals surface area (Å²) in [5, 5.41) is 12.4. The summed E-state index contributed by atoms with van der Waals surface area (Å²) in [5.41, 5.74) is 2.22. The molecule has 2 aliphatic rings. The monoisotopic (exact) mass is 509 g/mol. The first-order valence-corrected chi connectivity index (χ1v) is 12.6. The van der Waals surface area contributed by atoms with Crippen molar-refractivity contribution < 1.29 is 23.8 Å². The maximum atomic E-state index is 13.4. The van der Waals surface area contributed by atoms with E-state index in [0.29, 0.717) is 40.5 Å². The van der Waals surface area contributed by atoms with Gasteiger partial charge in [0.1, 0.15) is 23.3 Å². The highest BCUT2D eigenvalue weighted by molar-refractivity contribution is 6.36. The van der Waals surface area contributed by atoms with Crippen LogP contribution in [0.1, 0.15) is 30.4 Å². The highest BCUT2D eigenvalue weighted by Crippen LogP contribution is 2.32. The zero-order chi connectivity index (χ0) is 26.3. The molecular weight excluding hydrogens is 482 g/mol. The Labute approximate surface area is 221 Å². The van der Waals surface area contributed by atoms with Crippen molar-refractivity contribution in [3.63, 3.8) is 0 Å². The Morgan fingerprint density at radius 3 is 2.45 bits per heavy atom. The van der Waals surface area contributed by atoms with E-state index in [9.17, 15) is 14.9 Å². The first kappa shape index (κ1) is 25.2. The number of ether oxygens (including phenoxy) is 3. The summed E-state index contributed by atoms with van der Waals surface area (Å²) < 4.78 is 17.2. The summed E-state index contributed by atoms with van der Waals surface area (Å²) in [7, 11) is 0. The molecule has 8 nitrogen and oxygen atoms in total. The molecule has 0 aliphatic carbocycles. The molecule has 0 saturated carbocycles. The molecule has 192 valence electrons. The van der Waals surface area contributed by atoms with Crippen molar-refractivity contribution in [2.75, 3.05) is 25.1 Å². The Kier molecular flexibility index (Phi) is 7.78. The van der Waals surface area contributed by atoms with Crippen molar-refractivity contribution in [3.05, 3.63) is 95.7 Å². The molecule has 2 aliphatic heterocycles. The highest BCUT2D eigenvalue weighted by atomic mass is 16.7. The summed E-state index contributed by atoms with van der Waals surface area (Å²) in [4.78, 5) is 28.0. The smallest absolute Gasteiger partial charge is 0.278 e. The van der Waals surface area contributed by atoms with Gasteiger partial charge in [-0.2, -0.15) is 5.26 Å². The molecule has 0 bridgehead atoms. The van der Waals surface area contributed by atoms with E-state index in [1.165, 1.54) is 4.90 Å². The summed E-state index contributed by atoms with van der Waals surface area (Å²) in [5.74, 6) is 0.209. The van der Waals surface area contributed by atoms with Crippen LogP contribution in [0.2, 0.25) is 0 Å². The molecule has 0 spiro atoms. The number of amides is 2. The number of imide groups is 1. The molecule has 3 aromatic rings. The van der Waals surface area contributed by atoms with E-state index < -0.39 is 5.91 Å². The third-order valence-electron chi connectivity index (χ3n) is 6.35. The Balaban J connectivity index is 1.32. The fourth-order valence-corrected chi connectivity index (χ4v) is 4.41. The average Bonchev–Trinajstić information content (AvgIpc) is 3.19. The second-order valence-corrected chi connectivity index (χ2v) is 8.90. The minimum Gasteiger partial charge on any atom is -0.456 e. The van der Waals surface area contributed by atoms with Gasteiger partial charge in [-0.05, 0) is 61.2 Å². The number of nitriles is 1. The first-order chi connectivity index (χ1) is 18.6. The molecule has 1 unspecified atom stereocenters. The summed E-state index contributed by atoms with van der Waals surface area (Å²) >= 11 is 0. The van der Waals surface area contributed by atoms with Gasteiger partial charge in [-0.3, -0.25) is 14.5 Å². The Bertz CT molecular complexity index is 1370. The number of carbonyl (C=O) groups excluding carboxylic acids is 2. The van der Waals surface area contributed by atoms with Gasteiger partial charge >= 0.3 is 0 Å². The summed E-state index contributed by atoms with van der Waals surface area (Å²) in [6.07, 6.45) is 2.57. The zero-order valence-electron chi connectivity index (χ0n) is 20.8. The van der Waals surface area contributed by atoms with Gasteiger partial charge in [-0.25, -0.2) is 0 Å². The SMILES string of the molecule is N#Cc1ccccc1Oc1ccc(NC2=C(c3ccccc3)C(=O)N(CCOC3CCCCO3)C2=O)cc1. The lowest BCUT2D eigenvalue weighted by Gasteiger charge is -2.24. The number of carbonyl (C=O) groups is 2. The van der Waals surface area contributed by atoms with Crippen LogP contribution in [0.5, 0.6) is 11.5 Å². The number of hydrogen-bond acceptors (Lipinski definition) is 7. The normalized spacial score (nSPS) is 17.4. The van der Waals surface area contributed by atoms with Crippen LogP contribution < -0.4 is 10.1 Å². The van der Waals surface area contributed by atoms with Crippen molar-refractivity contribution in [2.45, 2.75) is 25.6 Å². The largest absolute Gasteiger partial charge is 0.456 e. The lowest BCUT2D eigenvalue weighted by Crippen LogP contribution is -2.36. The number of para-hydroxylation sites is 1. The molecule has 8 heteroatoms. The van der Waals surface area contributed by atoms with E-state index in [1.54, 1.807) is 48.5 Å². The van der Waals surface area contributed by atoms with Crippen molar-refractivity contribution in [1.29, 1.82) is 5.26 Å². The van der Waals surface area contributed by atoms with E-state index in [0.717, 1.165) is 19.3 Å². The second kappa shape index (κ2) is 11.7.